The van der Waals surface area contributed by atoms with Crippen molar-refractivity contribution < 1.29 is 29.3 Å². The molecule has 9 heteroatoms. The highest BCUT2D eigenvalue weighted by Crippen LogP contribution is 2.33. The maximum atomic E-state index is 13.3. The van der Waals surface area contributed by atoms with Crippen molar-refractivity contribution in [2.24, 2.45) is 22.2 Å². The molecule has 7 atom stereocenters. The van der Waals surface area contributed by atoms with E-state index in [0.717, 1.165) is 48.6 Å². The molecule has 0 bridgehead atoms. The largest absolute Gasteiger partial charge is 0.457 e. The maximum absolute atomic E-state index is 13.3. The second kappa shape index (κ2) is 14.4. The number of aliphatic hydroxyl groups excluding tert-OH is 2. The van der Waals surface area contributed by atoms with Gasteiger partial charge in [-0.05, 0) is 44.6 Å². The molecule has 3 N–H and O–H groups in total. The first-order valence-electron chi connectivity index (χ1n) is 14.4. The van der Waals surface area contributed by atoms with Gasteiger partial charge in [-0.15, -0.1) is 11.8 Å². The van der Waals surface area contributed by atoms with Gasteiger partial charge in [-0.25, -0.2) is 0 Å². The van der Waals surface area contributed by atoms with Crippen LogP contribution in [0.25, 0.3) is 0 Å². The third-order valence-electron chi connectivity index (χ3n) is 8.40. The molecule has 3 aliphatic rings. The molecule has 3 heterocycles. The van der Waals surface area contributed by atoms with Crippen molar-refractivity contribution in [3.8, 4) is 0 Å². The molecule has 4 unspecified atom stereocenters. The van der Waals surface area contributed by atoms with E-state index in [-0.39, 0.29) is 30.4 Å². The van der Waals surface area contributed by atoms with Gasteiger partial charge >= 0.3 is 5.97 Å². The van der Waals surface area contributed by atoms with E-state index in [4.69, 9.17) is 9.47 Å². The van der Waals surface area contributed by atoms with Crippen molar-refractivity contribution in [3.05, 3.63) is 23.3 Å². The number of cyclic esters (lactones) is 1. The summed E-state index contributed by atoms with van der Waals surface area (Å²) in [6.45, 7) is 12.4. The van der Waals surface area contributed by atoms with Gasteiger partial charge in [0.05, 0.1) is 41.7 Å². The fourth-order valence-electron chi connectivity index (χ4n) is 5.59. The first-order chi connectivity index (χ1) is 18.4. The predicted molar refractivity (Wildman–Crippen MR) is 156 cm³/mol. The lowest BCUT2D eigenvalue weighted by Crippen LogP contribution is -2.45. The van der Waals surface area contributed by atoms with Crippen LogP contribution in [-0.4, -0.2) is 76.5 Å². The Labute approximate surface area is 238 Å². The van der Waals surface area contributed by atoms with Crippen LogP contribution >= 0.6 is 11.8 Å². The third kappa shape index (κ3) is 8.98. The van der Waals surface area contributed by atoms with Gasteiger partial charge in [0, 0.05) is 31.1 Å². The second-order valence-corrected chi connectivity index (χ2v) is 13.2. The number of carbonyl (C=O) groups is 2. The van der Waals surface area contributed by atoms with Gasteiger partial charge in [-0.2, -0.15) is 0 Å². The minimum Gasteiger partial charge on any atom is -0.457 e. The van der Waals surface area contributed by atoms with Gasteiger partial charge in [0.2, 0.25) is 0 Å². The summed E-state index contributed by atoms with van der Waals surface area (Å²) in [6, 6.07) is 0.0464. The summed E-state index contributed by atoms with van der Waals surface area (Å²) in [4.78, 5) is 31.1. The molecule has 39 heavy (non-hydrogen) atoms. The average Bonchev–Trinajstić information content (AvgIpc) is 3.55. The van der Waals surface area contributed by atoms with Crippen molar-refractivity contribution in [1.82, 2.24) is 5.32 Å². The number of hydrogen-bond acceptors (Lipinski definition) is 9. The molecular weight excluding hydrogens is 516 g/mol. The molecule has 0 amide bonds. The fourth-order valence-corrected chi connectivity index (χ4v) is 6.38. The predicted octanol–water partition coefficient (Wildman–Crippen LogP) is 4.19. The molecule has 220 valence electrons. The molecule has 0 aromatic rings. The molecule has 1 saturated heterocycles. The van der Waals surface area contributed by atoms with Gasteiger partial charge < -0.3 is 19.7 Å². The molecule has 3 aliphatic heterocycles. The van der Waals surface area contributed by atoms with E-state index in [1.165, 1.54) is 5.57 Å². The number of hydrogen-bond donors (Lipinski definition) is 3. The van der Waals surface area contributed by atoms with Gasteiger partial charge in [0.15, 0.2) is 0 Å². The van der Waals surface area contributed by atoms with Gasteiger partial charge in [0.25, 0.3) is 0 Å². The zero-order chi connectivity index (χ0) is 28.7. The number of aliphatic imine (C=N–C) groups is 1. The third-order valence-corrected chi connectivity index (χ3v) is 9.43. The number of nitrogens with one attached hydrogen (secondary N) is 1. The van der Waals surface area contributed by atoms with Crippen LogP contribution in [0.5, 0.6) is 0 Å². The quantitative estimate of drug-likeness (QED) is 0.344. The summed E-state index contributed by atoms with van der Waals surface area (Å²) >= 11 is 1.72. The van der Waals surface area contributed by atoms with Gasteiger partial charge in [-0.3, -0.25) is 19.9 Å². The van der Waals surface area contributed by atoms with E-state index in [1.54, 1.807) is 32.5 Å². The van der Waals surface area contributed by atoms with Crippen LogP contribution in [0.2, 0.25) is 0 Å². The average molecular weight is 565 g/mol. The Morgan fingerprint density at radius 1 is 1.28 bits per heavy atom. The normalized spacial score (nSPS) is 37.2. The van der Waals surface area contributed by atoms with E-state index < -0.39 is 35.6 Å². The lowest BCUT2D eigenvalue weighted by Gasteiger charge is -2.34. The summed E-state index contributed by atoms with van der Waals surface area (Å²) in [5.74, 6) is -0.675. The molecule has 0 aromatic carbocycles. The Hall–Kier alpha value is -1.52. The van der Waals surface area contributed by atoms with Crippen LogP contribution in [0.1, 0.15) is 80.1 Å². The Morgan fingerprint density at radius 3 is 2.67 bits per heavy atom. The van der Waals surface area contributed by atoms with Crippen molar-refractivity contribution in [1.29, 1.82) is 0 Å². The molecular formula is C30H48N2O6S. The lowest BCUT2D eigenvalue weighted by molar-refractivity contribution is -0.154. The number of ketones is 1. The standard InChI is InChI=1S/C30H48N2O6S/c1-18-8-7-9-22(15-26-31-12-13-37-26)10-11-24(19(2)14-23-17-39-21(4)32-23)38-27(34)16-25(33)30(5,6)29(36)20(3)28(18)35/h10,14,18,20,23-26,28,31,33,35H,7-9,11-13,15-17H2,1-6H3/b19-14+,22-10+/t18?,20-,23?,24+,25+,26?,28?/m1/s1. The topological polar surface area (TPSA) is 117 Å². The molecule has 0 aliphatic carbocycles. The maximum Gasteiger partial charge on any atom is 0.309 e. The fraction of sp³-hybridized carbons (Fsp3) is 0.767. The summed E-state index contributed by atoms with van der Waals surface area (Å²) in [7, 11) is 0. The number of esters is 1. The SMILES string of the molecule is CC1=NC(/C=C(\C)[C@@H]2C/C=C(/CC3NCCO3)CCCC(C)C(O)[C@@H](C)C(=O)C(C)(C)[C@@H](O)CC(=O)O2)CS1. The monoisotopic (exact) mass is 564 g/mol. The minimum atomic E-state index is -1.23. The number of ether oxygens (including phenoxy) is 2. The van der Waals surface area contributed by atoms with Crippen LogP contribution in [0.3, 0.4) is 0 Å². The Kier molecular flexibility index (Phi) is 11.8. The van der Waals surface area contributed by atoms with E-state index in [0.29, 0.717) is 13.0 Å². The van der Waals surface area contributed by atoms with Crippen molar-refractivity contribution >= 4 is 28.6 Å². The molecule has 3 rings (SSSR count). The highest BCUT2D eigenvalue weighted by molar-refractivity contribution is 8.14. The van der Waals surface area contributed by atoms with Crippen LogP contribution in [0, 0.1) is 17.3 Å². The highest BCUT2D eigenvalue weighted by Gasteiger charge is 2.42. The van der Waals surface area contributed by atoms with E-state index >= 15 is 0 Å². The van der Waals surface area contributed by atoms with Crippen LogP contribution in [-0.2, 0) is 19.1 Å². The van der Waals surface area contributed by atoms with Crippen LogP contribution in [0.15, 0.2) is 28.3 Å². The zero-order valence-corrected chi connectivity index (χ0v) is 25.3. The Balaban J connectivity index is 1.89. The second-order valence-electron chi connectivity index (χ2n) is 12.0. The number of thioether (sulfide) groups is 1. The summed E-state index contributed by atoms with van der Waals surface area (Å²) in [6.07, 6.45) is 5.06. The Morgan fingerprint density at radius 2 is 2.03 bits per heavy atom. The molecule has 0 spiro atoms. The molecule has 8 nitrogen and oxygen atoms in total. The highest BCUT2D eigenvalue weighted by atomic mass is 32.2. The van der Waals surface area contributed by atoms with E-state index in [9.17, 15) is 19.8 Å². The summed E-state index contributed by atoms with van der Waals surface area (Å²) in [5.41, 5.74) is 0.938. The van der Waals surface area contributed by atoms with E-state index in [2.05, 4.69) is 22.5 Å². The number of nitrogens with zero attached hydrogens (tertiary/aromatic N) is 1. The van der Waals surface area contributed by atoms with Crippen LogP contribution in [0.4, 0.5) is 0 Å². The summed E-state index contributed by atoms with van der Waals surface area (Å²) in [5, 5.41) is 26.4. The molecule has 1 fully saturated rings. The first kappa shape index (κ1) is 32.0. The molecule has 0 aromatic heterocycles. The van der Waals surface area contributed by atoms with Crippen LogP contribution < -0.4 is 5.32 Å². The van der Waals surface area contributed by atoms with Gasteiger partial charge in [0.1, 0.15) is 18.1 Å². The number of aliphatic hydroxyl groups is 2. The molecule has 0 radical (unpaired) electrons. The molecule has 0 saturated carbocycles. The van der Waals surface area contributed by atoms with Gasteiger partial charge in [-0.1, -0.05) is 45.4 Å². The van der Waals surface area contributed by atoms with Crippen molar-refractivity contribution in [2.75, 3.05) is 18.9 Å². The summed E-state index contributed by atoms with van der Waals surface area (Å²) < 4.78 is 11.8. The first-order valence-corrected chi connectivity index (χ1v) is 15.3. The minimum absolute atomic E-state index is 0.0367. The smallest absolute Gasteiger partial charge is 0.309 e. The van der Waals surface area contributed by atoms with E-state index in [1.807, 2.05) is 20.8 Å². The van der Waals surface area contributed by atoms with Crippen molar-refractivity contribution in [3.63, 3.8) is 0 Å². The Bertz CT molecular complexity index is 955. The number of Topliss-reactive ketones (excluding diaryl/α,β-unsaturated/α-hetero) is 1. The van der Waals surface area contributed by atoms with Crippen molar-refractivity contribution in [2.45, 2.75) is 111 Å². The lowest BCUT2D eigenvalue weighted by atomic mass is 9.73. The zero-order valence-electron chi connectivity index (χ0n) is 24.4. The number of rotatable bonds is 4. The number of carbonyl (C=O) groups excluding carboxylic acids is 2.